The molecule has 1 N–H and O–H groups in total. The number of rotatable bonds is 7. The van der Waals surface area contributed by atoms with Crippen LogP contribution >= 0.6 is 11.3 Å². The van der Waals surface area contributed by atoms with Gasteiger partial charge in [-0.2, -0.15) is 0 Å². The SMILES string of the molecule is Cc1sc(CNCC(C)C)cc1CN(C)C1CC1. The third kappa shape index (κ3) is 4.08. The van der Waals surface area contributed by atoms with Crippen molar-refractivity contribution in [3.63, 3.8) is 0 Å². The van der Waals surface area contributed by atoms with Crippen molar-refractivity contribution in [3.05, 3.63) is 21.4 Å². The first-order valence-electron chi connectivity index (χ1n) is 7.05. The molecule has 0 atom stereocenters. The van der Waals surface area contributed by atoms with Gasteiger partial charge in [0, 0.05) is 28.9 Å². The van der Waals surface area contributed by atoms with Crippen LogP contribution in [0.5, 0.6) is 0 Å². The summed E-state index contributed by atoms with van der Waals surface area (Å²) in [7, 11) is 2.26. The van der Waals surface area contributed by atoms with Crippen LogP contribution in [-0.4, -0.2) is 24.5 Å². The Morgan fingerprint density at radius 1 is 1.44 bits per heavy atom. The van der Waals surface area contributed by atoms with Crippen LogP contribution in [0.3, 0.4) is 0 Å². The van der Waals surface area contributed by atoms with Gasteiger partial charge in [0.05, 0.1) is 0 Å². The number of nitrogens with zero attached hydrogens (tertiary/aromatic N) is 1. The van der Waals surface area contributed by atoms with Crippen LogP contribution in [0.4, 0.5) is 0 Å². The number of thiophene rings is 1. The van der Waals surface area contributed by atoms with E-state index < -0.39 is 0 Å². The lowest BCUT2D eigenvalue weighted by Gasteiger charge is -2.14. The van der Waals surface area contributed by atoms with E-state index >= 15 is 0 Å². The molecule has 1 aliphatic rings. The lowest BCUT2D eigenvalue weighted by Crippen LogP contribution is -2.20. The highest BCUT2D eigenvalue weighted by Gasteiger charge is 2.26. The Bertz CT molecular complexity index is 380. The number of hydrogen-bond acceptors (Lipinski definition) is 3. The van der Waals surface area contributed by atoms with Gasteiger partial charge in [0.1, 0.15) is 0 Å². The Morgan fingerprint density at radius 2 is 2.17 bits per heavy atom. The monoisotopic (exact) mass is 266 g/mol. The minimum absolute atomic E-state index is 0.728. The molecule has 1 aromatic heterocycles. The van der Waals surface area contributed by atoms with Crippen LogP contribution in [0.1, 0.15) is 42.0 Å². The second-order valence-electron chi connectivity index (χ2n) is 5.97. The van der Waals surface area contributed by atoms with Gasteiger partial charge in [-0.3, -0.25) is 4.90 Å². The van der Waals surface area contributed by atoms with E-state index in [0.717, 1.165) is 31.6 Å². The molecule has 1 aliphatic carbocycles. The van der Waals surface area contributed by atoms with E-state index in [2.05, 4.69) is 44.1 Å². The second-order valence-corrected chi connectivity index (χ2v) is 7.31. The molecular weight excluding hydrogens is 240 g/mol. The van der Waals surface area contributed by atoms with Crippen LogP contribution in [0, 0.1) is 12.8 Å². The van der Waals surface area contributed by atoms with Crippen LogP contribution in [0.25, 0.3) is 0 Å². The predicted octanol–water partition coefficient (Wildman–Crippen LogP) is 3.40. The average Bonchev–Trinajstić information content (AvgIpc) is 3.06. The first-order valence-corrected chi connectivity index (χ1v) is 7.87. The molecule has 18 heavy (non-hydrogen) atoms. The highest BCUT2D eigenvalue weighted by atomic mass is 32.1. The summed E-state index contributed by atoms with van der Waals surface area (Å²) in [6, 6.07) is 3.25. The molecule has 0 unspecified atom stereocenters. The van der Waals surface area contributed by atoms with E-state index in [1.807, 2.05) is 11.3 Å². The fourth-order valence-corrected chi connectivity index (χ4v) is 3.25. The lowest BCUT2D eigenvalue weighted by atomic mass is 10.2. The molecule has 1 aromatic rings. The third-order valence-electron chi connectivity index (χ3n) is 3.51. The van der Waals surface area contributed by atoms with E-state index in [4.69, 9.17) is 0 Å². The van der Waals surface area contributed by atoms with Crippen molar-refractivity contribution in [3.8, 4) is 0 Å². The molecule has 0 amide bonds. The summed E-state index contributed by atoms with van der Waals surface area (Å²) in [6.07, 6.45) is 2.78. The number of nitrogens with one attached hydrogen (secondary N) is 1. The maximum atomic E-state index is 3.53. The molecular formula is C15H26N2S. The van der Waals surface area contributed by atoms with E-state index in [1.165, 1.54) is 28.2 Å². The molecule has 102 valence electrons. The molecule has 1 saturated carbocycles. The topological polar surface area (TPSA) is 15.3 Å². The van der Waals surface area contributed by atoms with Crippen molar-refractivity contribution < 1.29 is 0 Å². The fraction of sp³-hybridized carbons (Fsp3) is 0.733. The highest BCUT2D eigenvalue weighted by molar-refractivity contribution is 7.12. The van der Waals surface area contributed by atoms with Crippen molar-refractivity contribution in [1.29, 1.82) is 0 Å². The van der Waals surface area contributed by atoms with Crippen molar-refractivity contribution >= 4 is 11.3 Å². The van der Waals surface area contributed by atoms with E-state index in [-0.39, 0.29) is 0 Å². The third-order valence-corrected chi connectivity index (χ3v) is 4.61. The maximum Gasteiger partial charge on any atom is 0.0300 e. The van der Waals surface area contributed by atoms with Gasteiger partial charge in [-0.25, -0.2) is 0 Å². The van der Waals surface area contributed by atoms with Crippen molar-refractivity contribution in [2.75, 3.05) is 13.6 Å². The lowest BCUT2D eigenvalue weighted by molar-refractivity contribution is 0.316. The van der Waals surface area contributed by atoms with Crippen LogP contribution in [-0.2, 0) is 13.1 Å². The van der Waals surface area contributed by atoms with Gasteiger partial charge in [0.15, 0.2) is 0 Å². The van der Waals surface area contributed by atoms with E-state index in [9.17, 15) is 0 Å². The van der Waals surface area contributed by atoms with Gasteiger partial charge in [-0.1, -0.05) is 13.8 Å². The summed E-state index contributed by atoms with van der Waals surface area (Å²) in [5.41, 5.74) is 1.52. The molecule has 1 fully saturated rings. The van der Waals surface area contributed by atoms with Crippen LogP contribution in [0.15, 0.2) is 6.07 Å². The first kappa shape index (κ1) is 14.0. The molecule has 3 heteroatoms. The van der Waals surface area contributed by atoms with Crippen molar-refractivity contribution in [1.82, 2.24) is 10.2 Å². The summed E-state index contributed by atoms with van der Waals surface area (Å²) in [5, 5.41) is 3.53. The van der Waals surface area contributed by atoms with Gasteiger partial charge >= 0.3 is 0 Å². The van der Waals surface area contributed by atoms with Gasteiger partial charge in [-0.15, -0.1) is 11.3 Å². The molecule has 2 nitrogen and oxygen atoms in total. The maximum absolute atomic E-state index is 3.53. The van der Waals surface area contributed by atoms with Gasteiger partial charge in [0.2, 0.25) is 0 Å². The summed E-state index contributed by atoms with van der Waals surface area (Å²) >= 11 is 1.95. The normalized spacial score (nSPS) is 15.9. The molecule has 0 aromatic carbocycles. The Balaban J connectivity index is 1.85. The fourth-order valence-electron chi connectivity index (χ4n) is 2.23. The Labute approximate surface area is 115 Å². The molecule has 0 saturated heterocycles. The second kappa shape index (κ2) is 6.18. The van der Waals surface area contributed by atoms with Gasteiger partial charge in [0.25, 0.3) is 0 Å². The smallest absolute Gasteiger partial charge is 0.0300 e. The van der Waals surface area contributed by atoms with Crippen LogP contribution < -0.4 is 5.32 Å². The zero-order valence-corrected chi connectivity index (χ0v) is 12.9. The average molecular weight is 266 g/mol. The first-order chi connectivity index (χ1) is 8.56. The minimum Gasteiger partial charge on any atom is -0.312 e. The minimum atomic E-state index is 0.728. The summed E-state index contributed by atoms with van der Waals surface area (Å²) in [6.45, 7) is 10.0. The molecule has 2 rings (SSSR count). The molecule has 1 heterocycles. The number of aryl methyl sites for hydroxylation is 1. The summed E-state index contributed by atoms with van der Waals surface area (Å²) in [4.78, 5) is 5.47. The van der Waals surface area contributed by atoms with E-state index in [1.54, 1.807) is 0 Å². The predicted molar refractivity (Wildman–Crippen MR) is 80.1 cm³/mol. The van der Waals surface area contributed by atoms with Gasteiger partial charge < -0.3 is 5.32 Å². The Kier molecular flexibility index (Phi) is 4.82. The molecule has 0 bridgehead atoms. The highest BCUT2D eigenvalue weighted by Crippen LogP contribution is 2.29. The quantitative estimate of drug-likeness (QED) is 0.814. The van der Waals surface area contributed by atoms with Crippen molar-refractivity contribution in [2.45, 2.75) is 52.7 Å². The van der Waals surface area contributed by atoms with Crippen molar-refractivity contribution in [2.24, 2.45) is 5.92 Å². The largest absolute Gasteiger partial charge is 0.312 e. The zero-order valence-electron chi connectivity index (χ0n) is 12.1. The molecule has 0 aliphatic heterocycles. The Morgan fingerprint density at radius 3 is 2.78 bits per heavy atom. The summed E-state index contributed by atoms with van der Waals surface area (Å²) < 4.78 is 0. The Hall–Kier alpha value is -0.380. The van der Waals surface area contributed by atoms with E-state index in [0.29, 0.717) is 0 Å². The molecule has 0 radical (unpaired) electrons. The van der Waals surface area contributed by atoms with Gasteiger partial charge in [-0.05, 0) is 50.9 Å². The molecule has 0 spiro atoms. The standard InChI is InChI=1S/C15H26N2S/c1-11(2)8-16-9-15-7-13(12(3)18-15)10-17(4)14-5-6-14/h7,11,14,16H,5-6,8-10H2,1-4H3. The summed E-state index contributed by atoms with van der Waals surface area (Å²) in [5.74, 6) is 0.728. The van der Waals surface area contributed by atoms with Crippen LogP contribution in [0.2, 0.25) is 0 Å². The zero-order chi connectivity index (χ0) is 13.1. The number of hydrogen-bond donors (Lipinski definition) is 1.